The number of para-hydroxylation sites is 1. The maximum atomic E-state index is 13.4. The molecule has 0 N–H and O–H groups in total. The van der Waals surface area contributed by atoms with E-state index in [1.807, 2.05) is 24.3 Å². The SMILES string of the molecule is COc1ccccc1[C@@H]1CN(C(=O)c2cccc(OCc3ccc(F)cc3)c2)CCN1C(C)=O. The molecule has 0 saturated carbocycles. The summed E-state index contributed by atoms with van der Waals surface area (Å²) in [7, 11) is 1.60. The molecule has 3 aromatic carbocycles. The van der Waals surface area contributed by atoms with Gasteiger partial charge < -0.3 is 19.3 Å². The van der Waals surface area contributed by atoms with Gasteiger partial charge in [0.2, 0.25) is 5.91 Å². The van der Waals surface area contributed by atoms with Crippen LogP contribution in [0.4, 0.5) is 4.39 Å². The monoisotopic (exact) mass is 462 g/mol. The molecule has 0 unspecified atom stereocenters. The van der Waals surface area contributed by atoms with Crippen LogP contribution >= 0.6 is 0 Å². The van der Waals surface area contributed by atoms with Crippen LogP contribution in [0, 0.1) is 5.82 Å². The molecular weight excluding hydrogens is 435 g/mol. The average Bonchev–Trinajstić information content (AvgIpc) is 2.87. The number of benzene rings is 3. The van der Waals surface area contributed by atoms with Crippen molar-refractivity contribution >= 4 is 11.8 Å². The van der Waals surface area contributed by atoms with Crippen molar-refractivity contribution in [2.75, 3.05) is 26.7 Å². The van der Waals surface area contributed by atoms with E-state index < -0.39 is 0 Å². The van der Waals surface area contributed by atoms with Crippen LogP contribution in [0.1, 0.15) is 34.5 Å². The Balaban J connectivity index is 1.50. The van der Waals surface area contributed by atoms with Gasteiger partial charge in [0.1, 0.15) is 23.9 Å². The summed E-state index contributed by atoms with van der Waals surface area (Å²) in [5.74, 6) is 0.769. The largest absolute Gasteiger partial charge is 0.496 e. The van der Waals surface area contributed by atoms with E-state index in [1.54, 1.807) is 60.2 Å². The molecule has 0 bridgehead atoms. The first-order valence-electron chi connectivity index (χ1n) is 11.1. The minimum atomic E-state index is -0.302. The van der Waals surface area contributed by atoms with E-state index in [9.17, 15) is 14.0 Å². The zero-order valence-electron chi connectivity index (χ0n) is 19.2. The fourth-order valence-electron chi connectivity index (χ4n) is 4.20. The van der Waals surface area contributed by atoms with Crippen LogP contribution in [-0.2, 0) is 11.4 Å². The molecule has 7 heteroatoms. The number of hydrogen-bond donors (Lipinski definition) is 0. The summed E-state index contributed by atoms with van der Waals surface area (Å²) >= 11 is 0. The maximum Gasteiger partial charge on any atom is 0.254 e. The van der Waals surface area contributed by atoms with E-state index in [0.29, 0.717) is 36.7 Å². The molecule has 2 amide bonds. The zero-order valence-corrected chi connectivity index (χ0v) is 19.2. The van der Waals surface area contributed by atoms with Crippen LogP contribution in [0.2, 0.25) is 0 Å². The lowest BCUT2D eigenvalue weighted by Crippen LogP contribution is -2.51. The van der Waals surface area contributed by atoms with Gasteiger partial charge in [-0.05, 0) is 42.0 Å². The Morgan fingerprint density at radius 2 is 1.76 bits per heavy atom. The molecule has 1 fully saturated rings. The number of rotatable bonds is 6. The lowest BCUT2D eigenvalue weighted by Gasteiger charge is -2.41. The highest BCUT2D eigenvalue weighted by atomic mass is 19.1. The molecule has 1 aliphatic heterocycles. The van der Waals surface area contributed by atoms with Gasteiger partial charge in [-0.3, -0.25) is 9.59 Å². The Hall–Kier alpha value is -3.87. The quantitative estimate of drug-likeness (QED) is 0.543. The molecule has 3 aromatic rings. The number of piperazine rings is 1. The Bertz CT molecular complexity index is 1170. The molecule has 6 nitrogen and oxygen atoms in total. The molecule has 1 heterocycles. The number of hydrogen-bond acceptors (Lipinski definition) is 4. The number of carbonyl (C=O) groups is 2. The molecule has 0 spiro atoms. The van der Waals surface area contributed by atoms with Gasteiger partial charge in [0.05, 0.1) is 13.2 Å². The van der Waals surface area contributed by atoms with Gasteiger partial charge in [-0.1, -0.05) is 36.4 Å². The van der Waals surface area contributed by atoms with Gasteiger partial charge in [0, 0.05) is 37.7 Å². The number of ether oxygens (including phenoxy) is 2. The molecule has 0 aliphatic carbocycles. The van der Waals surface area contributed by atoms with Crippen molar-refractivity contribution in [2.24, 2.45) is 0 Å². The van der Waals surface area contributed by atoms with Crippen LogP contribution in [0.15, 0.2) is 72.8 Å². The average molecular weight is 463 g/mol. The maximum absolute atomic E-state index is 13.4. The summed E-state index contributed by atoms with van der Waals surface area (Å²) in [5, 5.41) is 0. The molecule has 1 atom stereocenters. The fraction of sp³-hybridized carbons (Fsp3) is 0.259. The summed E-state index contributed by atoms with van der Waals surface area (Å²) in [6.07, 6.45) is 0. The van der Waals surface area contributed by atoms with Gasteiger partial charge in [0.15, 0.2) is 0 Å². The number of amides is 2. The standard InChI is InChI=1S/C27H27FN2O4/c1-19(31)30-15-14-29(17-25(30)24-8-3-4-9-26(24)33-2)27(32)21-6-5-7-23(16-21)34-18-20-10-12-22(28)13-11-20/h3-13,16,25H,14-15,17-18H2,1-2H3/t25-/m0/s1. The normalized spacial score (nSPS) is 15.7. The molecule has 34 heavy (non-hydrogen) atoms. The van der Waals surface area contributed by atoms with E-state index in [0.717, 1.165) is 11.1 Å². The number of nitrogens with zero attached hydrogens (tertiary/aromatic N) is 2. The van der Waals surface area contributed by atoms with Gasteiger partial charge in [-0.2, -0.15) is 0 Å². The molecule has 4 rings (SSSR count). The third-order valence-electron chi connectivity index (χ3n) is 5.97. The lowest BCUT2D eigenvalue weighted by molar-refractivity contribution is -0.133. The summed E-state index contributed by atoms with van der Waals surface area (Å²) < 4.78 is 24.4. The van der Waals surface area contributed by atoms with Gasteiger partial charge in [0.25, 0.3) is 5.91 Å². The third-order valence-corrected chi connectivity index (χ3v) is 5.97. The van der Waals surface area contributed by atoms with Crippen LogP contribution < -0.4 is 9.47 Å². The highest BCUT2D eigenvalue weighted by molar-refractivity contribution is 5.95. The zero-order chi connectivity index (χ0) is 24.1. The van der Waals surface area contributed by atoms with Crippen molar-refractivity contribution in [1.82, 2.24) is 9.80 Å². The minimum Gasteiger partial charge on any atom is -0.496 e. The topological polar surface area (TPSA) is 59.1 Å². The van der Waals surface area contributed by atoms with E-state index in [2.05, 4.69) is 0 Å². The Morgan fingerprint density at radius 3 is 2.50 bits per heavy atom. The summed E-state index contributed by atoms with van der Waals surface area (Å²) in [5.41, 5.74) is 2.21. The Kier molecular flexibility index (Phi) is 7.11. The molecule has 0 aromatic heterocycles. The third kappa shape index (κ3) is 5.20. The second kappa shape index (κ2) is 10.4. The van der Waals surface area contributed by atoms with Crippen molar-refractivity contribution in [3.05, 3.63) is 95.3 Å². The van der Waals surface area contributed by atoms with Crippen molar-refractivity contribution in [3.63, 3.8) is 0 Å². The first-order valence-corrected chi connectivity index (χ1v) is 11.1. The number of halogens is 1. The van der Waals surface area contributed by atoms with Gasteiger partial charge >= 0.3 is 0 Å². The predicted octanol–water partition coefficient (Wildman–Crippen LogP) is 4.46. The van der Waals surface area contributed by atoms with Crippen molar-refractivity contribution in [3.8, 4) is 11.5 Å². The second-order valence-electron chi connectivity index (χ2n) is 8.16. The van der Waals surface area contributed by atoms with E-state index in [4.69, 9.17) is 9.47 Å². The van der Waals surface area contributed by atoms with E-state index >= 15 is 0 Å². The second-order valence-corrected chi connectivity index (χ2v) is 8.16. The fourth-order valence-corrected chi connectivity index (χ4v) is 4.20. The molecule has 0 radical (unpaired) electrons. The molecular formula is C27H27FN2O4. The van der Waals surface area contributed by atoms with E-state index in [1.165, 1.54) is 12.1 Å². The van der Waals surface area contributed by atoms with Gasteiger partial charge in [-0.25, -0.2) is 4.39 Å². The summed E-state index contributed by atoms with van der Waals surface area (Å²) in [6, 6.07) is 20.4. The van der Waals surface area contributed by atoms with Crippen LogP contribution in [0.3, 0.4) is 0 Å². The van der Waals surface area contributed by atoms with Crippen molar-refractivity contribution in [2.45, 2.75) is 19.6 Å². The highest BCUT2D eigenvalue weighted by Gasteiger charge is 2.34. The van der Waals surface area contributed by atoms with Gasteiger partial charge in [-0.15, -0.1) is 0 Å². The Morgan fingerprint density at radius 1 is 1.00 bits per heavy atom. The van der Waals surface area contributed by atoms with E-state index in [-0.39, 0.29) is 30.3 Å². The summed E-state index contributed by atoms with van der Waals surface area (Å²) in [4.78, 5) is 29.2. The first kappa shape index (κ1) is 23.3. The number of methoxy groups -OCH3 is 1. The summed E-state index contributed by atoms with van der Waals surface area (Å²) in [6.45, 7) is 3.04. The van der Waals surface area contributed by atoms with Crippen LogP contribution in [0.25, 0.3) is 0 Å². The number of carbonyl (C=O) groups excluding carboxylic acids is 2. The van der Waals surface area contributed by atoms with Crippen molar-refractivity contribution in [1.29, 1.82) is 0 Å². The lowest BCUT2D eigenvalue weighted by atomic mass is 10.00. The molecule has 1 saturated heterocycles. The minimum absolute atomic E-state index is 0.0424. The molecule has 176 valence electrons. The molecule has 1 aliphatic rings. The van der Waals surface area contributed by atoms with Crippen LogP contribution in [0.5, 0.6) is 11.5 Å². The highest BCUT2D eigenvalue weighted by Crippen LogP contribution is 2.33. The Labute approximate surface area is 198 Å². The first-order chi connectivity index (χ1) is 16.5. The van der Waals surface area contributed by atoms with Crippen LogP contribution in [-0.4, -0.2) is 48.4 Å². The predicted molar refractivity (Wildman–Crippen MR) is 126 cm³/mol. The smallest absolute Gasteiger partial charge is 0.254 e. The van der Waals surface area contributed by atoms with Crippen molar-refractivity contribution < 1.29 is 23.5 Å².